The molecule has 0 aliphatic carbocycles. The summed E-state index contributed by atoms with van der Waals surface area (Å²) >= 11 is 0. The number of nitrogens with zero attached hydrogens (tertiary/aromatic N) is 2. The number of hydrogen-bond acceptors (Lipinski definition) is 2. The smallest absolute Gasteiger partial charge is 0.332 e. The van der Waals surface area contributed by atoms with Crippen LogP contribution in [0.4, 0.5) is 8.78 Å². The molecule has 1 rings (SSSR count). The quantitative estimate of drug-likeness (QED) is 0.735. The van der Waals surface area contributed by atoms with Crippen molar-refractivity contribution >= 4 is 0 Å². The van der Waals surface area contributed by atoms with E-state index in [4.69, 9.17) is 0 Å². The average molecular weight is 204 g/mol. The molecule has 0 bridgehead atoms. The summed E-state index contributed by atoms with van der Waals surface area (Å²) in [7, 11) is 0. The fourth-order valence-electron chi connectivity index (χ4n) is 1.24. The summed E-state index contributed by atoms with van der Waals surface area (Å²) < 4.78 is 29.3. The van der Waals surface area contributed by atoms with Crippen LogP contribution in [0.1, 0.15) is 25.5 Å². The molecule has 0 aromatic carbocycles. The molecule has 80 valence electrons. The van der Waals surface area contributed by atoms with Gasteiger partial charge in [0.05, 0.1) is 12.9 Å². The Balaban J connectivity index is 2.46. The average Bonchev–Trinajstić information content (AvgIpc) is 2.51. The van der Waals surface area contributed by atoms with Gasteiger partial charge in [-0.25, -0.2) is 4.98 Å². The third-order valence-electron chi connectivity index (χ3n) is 1.91. The molecule has 0 aliphatic heterocycles. The monoisotopic (exact) mass is 204 g/mol. The van der Waals surface area contributed by atoms with Crippen molar-refractivity contribution in [3.05, 3.63) is 18.2 Å². The van der Waals surface area contributed by atoms with E-state index in [2.05, 4.69) is 9.72 Å². The predicted octanol–water partition coefficient (Wildman–Crippen LogP) is 2.25. The molecule has 0 aliphatic rings. The Hall–Kier alpha value is -0.970. The highest BCUT2D eigenvalue weighted by Crippen LogP contribution is 2.13. The van der Waals surface area contributed by atoms with Gasteiger partial charge in [0.15, 0.2) is 0 Å². The van der Waals surface area contributed by atoms with Crippen molar-refractivity contribution in [3.63, 3.8) is 0 Å². The number of imidazole rings is 1. The SMILES string of the molecule is CC(C)c1cncn1CCOC(F)F. The number of alkyl halides is 2. The van der Waals surface area contributed by atoms with Crippen LogP contribution in [0.25, 0.3) is 0 Å². The largest absolute Gasteiger partial charge is 0.345 e. The van der Waals surface area contributed by atoms with Crippen LogP contribution in [0, 0.1) is 0 Å². The Morgan fingerprint density at radius 2 is 2.21 bits per heavy atom. The van der Waals surface area contributed by atoms with Crippen molar-refractivity contribution < 1.29 is 13.5 Å². The summed E-state index contributed by atoms with van der Waals surface area (Å²) in [6.45, 7) is 1.79. The number of ether oxygens (including phenoxy) is 1. The summed E-state index contributed by atoms with van der Waals surface area (Å²) in [6.07, 6.45) is 3.37. The van der Waals surface area contributed by atoms with E-state index in [1.807, 2.05) is 18.4 Å². The molecular weight excluding hydrogens is 190 g/mol. The van der Waals surface area contributed by atoms with Gasteiger partial charge in [0.2, 0.25) is 0 Å². The van der Waals surface area contributed by atoms with Gasteiger partial charge in [0.1, 0.15) is 0 Å². The van der Waals surface area contributed by atoms with Gasteiger partial charge in [-0.3, -0.25) is 0 Å². The maximum absolute atomic E-state index is 11.7. The zero-order valence-electron chi connectivity index (χ0n) is 8.28. The lowest BCUT2D eigenvalue weighted by atomic mass is 10.1. The van der Waals surface area contributed by atoms with Gasteiger partial charge >= 0.3 is 6.61 Å². The second-order valence-corrected chi connectivity index (χ2v) is 3.30. The fourth-order valence-corrected chi connectivity index (χ4v) is 1.24. The van der Waals surface area contributed by atoms with Crippen molar-refractivity contribution in [1.82, 2.24) is 9.55 Å². The standard InChI is InChI=1S/C9H14F2N2O/c1-7(2)8-5-12-6-13(8)3-4-14-9(10)11/h5-7,9H,3-4H2,1-2H3. The minimum atomic E-state index is -2.69. The van der Waals surface area contributed by atoms with E-state index >= 15 is 0 Å². The lowest BCUT2D eigenvalue weighted by Gasteiger charge is -2.10. The highest BCUT2D eigenvalue weighted by atomic mass is 19.3. The Morgan fingerprint density at radius 3 is 2.79 bits per heavy atom. The minimum absolute atomic E-state index is 0.00769. The molecule has 0 amide bonds. The first kappa shape index (κ1) is 11.1. The highest BCUT2D eigenvalue weighted by Gasteiger charge is 2.07. The molecule has 5 heteroatoms. The second kappa shape index (κ2) is 5.05. The molecule has 3 nitrogen and oxygen atoms in total. The molecule has 0 N–H and O–H groups in total. The van der Waals surface area contributed by atoms with Gasteiger partial charge in [-0.2, -0.15) is 8.78 Å². The van der Waals surface area contributed by atoms with Crippen LogP contribution in [0.2, 0.25) is 0 Å². The fraction of sp³-hybridized carbons (Fsp3) is 0.667. The summed E-state index contributed by atoms with van der Waals surface area (Å²) in [6, 6.07) is 0. The van der Waals surface area contributed by atoms with E-state index in [1.165, 1.54) is 0 Å². The van der Waals surface area contributed by atoms with Crippen LogP contribution >= 0.6 is 0 Å². The third-order valence-corrected chi connectivity index (χ3v) is 1.91. The van der Waals surface area contributed by atoms with Crippen LogP contribution < -0.4 is 0 Å². The summed E-state index contributed by atoms with van der Waals surface area (Å²) in [4.78, 5) is 3.96. The molecule has 0 saturated heterocycles. The van der Waals surface area contributed by atoms with Crippen molar-refractivity contribution in [3.8, 4) is 0 Å². The van der Waals surface area contributed by atoms with Gasteiger partial charge in [-0.15, -0.1) is 0 Å². The molecule has 0 radical (unpaired) electrons. The summed E-state index contributed by atoms with van der Waals surface area (Å²) in [5.74, 6) is 0.337. The minimum Gasteiger partial charge on any atom is -0.332 e. The van der Waals surface area contributed by atoms with Crippen LogP contribution in [0.3, 0.4) is 0 Å². The van der Waals surface area contributed by atoms with Crippen molar-refractivity contribution in [2.75, 3.05) is 6.61 Å². The van der Waals surface area contributed by atoms with Gasteiger partial charge in [0, 0.05) is 18.4 Å². The molecule has 1 aromatic rings. The number of hydrogen-bond donors (Lipinski definition) is 0. The number of rotatable bonds is 5. The molecule has 1 heterocycles. The maximum Gasteiger partial charge on any atom is 0.345 e. The van der Waals surface area contributed by atoms with Crippen LogP contribution in [-0.2, 0) is 11.3 Å². The van der Waals surface area contributed by atoms with E-state index < -0.39 is 6.61 Å². The molecular formula is C9H14F2N2O. The van der Waals surface area contributed by atoms with Crippen molar-refractivity contribution in [1.29, 1.82) is 0 Å². The van der Waals surface area contributed by atoms with Gasteiger partial charge in [0.25, 0.3) is 0 Å². The lowest BCUT2D eigenvalue weighted by molar-refractivity contribution is -0.130. The highest BCUT2D eigenvalue weighted by molar-refractivity contribution is 5.03. The Labute approximate surface area is 81.7 Å². The Bertz CT molecular complexity index is 274. The third kappa shape index (κ3) is 3.06. The zero-order chi connectivity index (χ0) is 10.6. The normalized spacial score (nSPS) is 11.6. The molecule has 0 fully saturated rings. The number of aromatic nitrogens is 2. The Kier molecular flexibility index (Phi) is 4.00. The molecule has 0 saturated carbocycles. The predicted molar refractivity (Wildman–Crippen MR) is 48.3 cm³/mol. The summed E-state index contributed by atoms with van der Waals surface area (Å²) in [5, 5.41) is 0. The van der Waals surface area contributed by atoms with E-state index in [9.17, 15) is 8.78 Å². The lowest BCUT2D eigenvalue weighted by Crippen LogP contribution is -2.11. The second-order valence-electron chi connectivity index (χ2n) is 3.30. The van der Waals surface area contributed by atoms with E-state index in [1.54, 1.807) is 12.5 Å². The molecule has 14 heavy (non-hydrogen) atoms. The maximum atomic E-state index is 11.7. The molecule has 1 aromatic heterocycles. The van der Waals surface area contributed by atoms with E-state index in [-0.39, 0.29) is 6.61 Å². The van der Waals surface area contributed by atoms with E-state index in [0.717, 1.165) is 5.69 Å². The topological polar surface area (TPSA) is 27.1 Å². The van der Waals surface area contributed by atoms with Crippen LogP contribution in [0.15, 0.2) is 12.5 Å². The first-order chi connectivity index (χ1) is 6.61. The first-order valence-corrected chi connectivity index (χ1v) is 4.51. The van der Waals surface area contributed by atoms with E-state index in [0.29, 0.717) is 12.5 Å². The number of halogens is 2. The zero-order valence-corrected chi connectivity index (χ0v) is 8.28. The molecule has 0 atom stereocenters. The van der Waals surface area contributed by atoms with Crippen LogP contribution in [-0.4, -0.2) is 22.8 Å². The van der Waals surface area contributed by atoms with Gasteiger partial charge < -0.3 is 9.30 Å². The molecule has 0 spiro atoms. The van der Waals surface area contributed by atoms with Crippen molar-refractivity contribution in [2.45, 2.75) is 32.9 Å². The van der Waals surface area contributed by atoms with Crippen LogP contribution in [0.5, 0.6) is 0 Å². The first-order valence-electron chi connectivity index (χ1n) is 4.51. The summed E-state index contributed by atoms with van der Waals surface area (Å²) in [5.41, 5.74) is 1.03. The Morgan fingerprint density at radius 1 is 1.50 bits per heavy atom. The molecule has 0 unspecified atom stereocenters. The van der Waals surface area contributed by atoms with Gasteiger partial charge in [-0.05, 0) is 5.92 Å². The van der Waals surface area contributed by atoms with Gasteiger partial charge in [-0.1, -0.05) is 13.8 Å². The van der Waals surface area contributed by atoms with Crippen molar-refractivity contribution in [2.24, 2.45) is 0 Å².